The Balaban J connectivity index is 2.23. The number of nitrogens with one attached hydrogen (secondary N) is 1. The highest BCUT2D eigenvalue weighted by Gasteiger charge is 2.32. The smallest absolute Gasteiger partial charge is 0.224 e. The van der Waals surface area contributed by atoms with Crippen molar-refractivity contribution in [1.82, 2.24) is 14.9 Å². The molecule has 100 valence electrons. The summed E-state index contributed by atoms with van der Waals surface area (Å²) in [5.74, 6) is 2.28. The van der Waals surface area contributed by atoms with Gasteiger partial charge in [0.15, 0.2) is 0 Å². The van der Waals surface area contributed by atoms with Crippen LogP contribution in [0.15, 0.2) is 10.7 Å². The summed E-state index contributed by atoms with van der Waals surface area (Å²) in [5.41, 5.74) is 0. The maximum absolute atomic E-state index is 4.54. The van der Waals surface area contributed by atoms with Gasteiger partial charge in [0.1, 0.15) is 5.82 Å². The van der Waals surface area contributed by atoms with Gasteiger partial charge in [0.2, 0.25) is 5.95 Å². The second-order valence-electron chi connectivity index (χ2n) is 5.03. The molecule has 0 aromatic carbocycles. The second kappa shape index (κ2) is 5.40. The van der Waals surface area contributed by atoms with Gasteiger partial charge in [-0.2, -0.15) is 4.98 Å². The lowest BCUT2D eigenvalue weighted by Crippen LogP contribution is -2.34. The van der Waals surface area contributed by atoms with E-state index < -0.39 is 0 Å². The highest BCUT2D eigenvalue weighted by Crippen LogP contribution is 2.30. The highest BCUT2D eigenvalue weighted by atomic mass is 79.9. The Bertz CT molecular complexity index is 423. The first-order valence-electron chi connectivity index (χ1n) is 6.14. The van der Waals surface area contributed by atoms with Crippen LogP contribution in [0.5, 0.6) is 0 Å². The van der Waals surface area contributed by atoms with Crippen molar-refractivity contribution in [3.05, 3.63) is 10.7 Å². The summed E-state index contributed by atoms with van der Waals surface area (Å²) in [4.78, 5) is 13.3. The fraction of sp³-hybridized carbons (Fsp3) is 0.667. The number of hydrogen-bond acceptors (Lipinski definition) is 5. The third kappa shape index (κ3) is 2.59. The molecule has 2 unspecified atom stereocenters. The molecule has 2 heterocycles. The van der Waals surface area contributed by atoms with E-state index in [1.807, 2.05) is 13.2 Å². The molecule has 0 spiro atoms. The lowest BCUT2D eigenvalue weighted by molar-refractivity contribution is 0.266. The van der Waals surface area contributed by atoms with Gasteiger partial charge in [-0.05, 0) is 35.9 Å². The number of rotatable bonds is 3. The van der Waals surface area contributed by atoms with Crippen LogP contribution in [0.1, 0.15) is 6.92 Å². The van der Waals surface area contributed by atoms with Gasteiger partial charge >= 0.3 is 0 Å². The Morgan fingerprint density at radius 1 is 1.44 bits per heavy atom. The minimum atomic E-state index is 0.574. The normalized spacial score (nSPS) is 23.8. The summed E-state index contributed by atoms with van der Waals surface area (Å²) in [5, 5.41) is 2.98. The summed E-state index contributed by atoms with van der Waals surface area (Å²) in [6, 6.07) is 0.574. The molecule has 1 aromatic rings. The van der Waals surface area contributed by atoms with Crippen molar-refractivity contribution in [2.75, 3.05) is 44.4 Å². The van der Waals surface area contributed by atoms with Gasteiger partial charge in [-0.3, -0.25) is 0 Å². The third-order valence-corrected chi connectivity index (χ3v) is 4.04. The minimum Gasteiger partial charge on any atom is -0.357 e. The van der Waals surface area contributed by atoms with E-state index in [2.05, 4.69) is 62.0 Å². The predicted octanol–water partition coefficient (Wildman–Crippen LogP) is 1.67. The Morgan fingerprint density at radius 3 is 2.72 bits per heavy atom. The molecule has 0 saturated carbocycles. The van der Waals surface area contributed by atoms with Gasteiger partial charge in [0, 0.05) is 32.4 Å². The molecule has 2 atom stereocenters. The van der Waals surface area contributed by atoms with E-state index in [4.69, 9.17) is 0 Å². The fourth-order valence-corrected chi connectivity index (χ4v) is 2.94. The monoisotopic (exact) mass is 313 g/mol. The van der Waals surface area contributed by atoms with Crippen LogP contribution in [0.2, 0.25) is 0 Å². The van der Waals surface area contributed by atoms with Crippen LogP contribution in [0.3, 0.4) is 0 Å². The van der Waals surface area contributed by atoms with E-state index >= 15 is 0 Å². The van der Waals surface area contributed by atoms with Crippen LogP contribution < -0.4 is 10.2 Å². The van der Waals surface area contributed by atoms with Crippen molar-refractivity contribution in [2.45, 2.75) is 13.0 Å². The molecular formula is C12H20BrN5. The zero-order valence-corrected chi connectivity index (χ0v) is 12.9. The maximum atomic E-state index is 4.54. The van der Waals surface area contributed by atoms with E-state index in [1.54, 1.807) is 0 Å². The third-order valence-electron chi connectivity index (χ3n) is 3.48. The first-order valence-corrected chi connectivity index (χ1v) is 6.94. The molecule has 2 rings (SSSR count). The van der Waals surface area contributed by atoms with Crippen LogP contribution in [0.25, 0.3) is 0 Å². The summed E-state index contributed by atoms with van der Waals surface area (Å²) in [6.07, 6.45) is 1.81. The van der Waals surface area contributed by atoms with Gasteiger partial charge in [0.05, 0.1) is 4.47 Å². The van der Waals surface area contributed by atoms with Gasteiger partial charge in [-0.15, -0.1) is 0 Å². The van der Waals surface area contributed by atoms with Crippen molar-refractivity contribution in [3.8, 4) is 0 Å². The fourth-order valence-electron chi connectivity index (χ4n) is 2.50. The summed E-state index contributed by atoms with van der Waals surface area (Å²) in [6.45, 7) is 4.33. The lowest BCUT2D eigenvalue weighted by atomic mass is 10.1. The molecule has 5 nitrogen and oxygen atoms in total. The second-order valence-corrected chi connectivity index (χ2v) is 5.88. The van der Waals surface area contributed by atoms with Gasteiger partial charge in [-0.1, -0.05) is 6.92 Å². The molecule has 0 bridgehead atoms. The first-order chi connectivity index (χ1) is 8.52. The van der Waals surface area contributed by atoms with E-state index in [0.29, 0.717) is 17.9 Å². The molecule has 1 aromatic heterocycles. The number of likely N-dealkylation sites (N-methyl/N-ethyl adjacent to an activating group) is 1. The highest BCUT2D eigenvalue weighted by molar-refractivity contribution is 9.10. The van der Waals surface area contributed by atoms with Gasteiger partial charge < -0.3 is 15.1 Å². The molecular weight excluding hydrogens is 294 g/mol. The zero-order valence-electron chi connectivity index (χ0n) is 11.3. The van der Waals surface area contributed by atoms with Crippen molar-refractivity contribution >= 4 is 27.7 Å². The molecule has 1 saturated heterocycles. The standard InChI is InChI=1S/C12H20BrN5/c1-8-6-18(7-10(8)17(3)4)11-9(13)5-15-12(14-2)16-11/h5,8,10H,6-7H2,1-4H3,(H,14,15,16). The molecule has 1 aliphatic heterocycles. The first kappa shape index (κ1) is 13.5. The van der Waals surface area contributed by atoms with Gasteiger partial charge in [-0.25, -0.2) is 4.98 Å². The van der Waals surface area contributed by atoms with Crippen LogP contribution in [0.4, 0.5) is 11.8 Å². The Labute approximate surface area is 117 Å². The largest absolute Gasteiger partial charge is 0.357 e. The van der Waals surface area contributed by atoms with Crippen LogP contribution >= 0.6 is 15.9 Å². The van der Waals surface area contributed by atoms with E-state index in [-0.39, 0.29) is 0 Å². The molecule has 18 heavy (non-hydrogen) atoms. The van der Waals surface area contributed by atoms with E-state index in [1.165, 1.54) is 0 Å². The molecule has 0 amide bonds. The Kier molecular flexibility index (Phi) is 4.07. The number of halogens is 1. The minimum absolute atomic E-state index is 0.574. The van der Waals surface area contributed by atoms with Crippen molar-refractivity contribution < 1.29 is 0 Å². The molecule has 6 heteroatoms. The molecule has 1 N–H and O–H groups in total. The molecule has 0 radical (unpaired) electrons. The number of hydrogen-bond donors (Lipinski definition) is 1. The van der Waals surface area contributed by atoms with E-state index in [9.17, 15) is 0 Å². The molecule has 0 aliphatic carbocycles. The number of nitrogens with zero attached hydrogens (tertiary/aromatic N) is 4. The zero-order chi connectivity index (χ0) is 13.3. The average Bonchev–Trinajstić information content (AvgIpc) is 2.72. The summed E-state index contributed by atoms with van der Waals surface area (Å²) in [7, 11) is 6.11. The number of aromatic nitrogens is 2. The van der Waals surface area contributed by atoms with Crippen molar-refractivity contribution in [1.29, 1.82) is 0 Å². The van der Waals surface area contributed by atoms with Crippen molar-refractivity contribution in [3.63, 3.8) is 0 Å². The average molecular weight is 314 g/mol. The van der Waals surface area contributed by atoms with Crippen molar-refractivity contribution in [2.24, 2.45) is 5.92 Å². The number of anilines is 2. The summed E-state index contributed by atoms with van der Waals surface area (Å²) < 4.78 is 0.952. The van der Waals surface area contributed by atoms with Gasteiger partial charge in [0.25, 0.3) is 0 Å². The topological polar surface area (TPSA) is 44.3 Å². The SMILES string of the molecule is CNc1ncc(Br)c(N2CC(C)C(N(C)C)C2)n1. The van der Waals surface area contributed by atoms with Crippen LogP contribution in [-0.4, -0.2) is 55.1 Å². The quantitative estimate of drug-likeness (QED) is 0.919. The Hall–Kier alpha value is -0.880. The Morgan fingerprint density at radius 2 is 2.17 bits per heavy atom. The lowest BCUT2D eigenvalue weighted by Gasteiger charge is -2.23. The van der Waals surface area contributed by atoms with E-state index in [0.717, 1.165) is 23.4 Å². The predicted molar refractivity (Wildman–Crippen MR) is 78.1 cm³/mol. The molecule has 1 aliphatic rings. The maximum Gasteiger partial charge on any atom is 0.224 e. The molecule has 1 fully saturated rings. The summed E-state index contributed by atoms with van der Waals surface area (Å²) >= 11 is 3.54. The van der Waals surface area contributed by atoms with Crippen LogP contribution in [0, 0.1) is 5.92 Å². The van der Waals surface area contributed by atoms with Crippen LogP contribution in [-0.2, 0) is 0 Å².